The Morgan fingerprint density at radius 3 is 2.31 bits per heavy atom. The summed E-state index contributed by atoms with van der Waals surface area (Å²) < 4.78 is 5.79. The number of hydrogen-bond acceptors (Lipinski definition) is 4. The molecule has 0 bridgehead atoms. The van der Waals surface area contributed by atoms with E-state index in [1.54, 1.807) is 42.5 Å². The van der Waals surface area contributed by atoms with Gasteiger partial charge in [0.05, 0.1) is 15.7 Å². The first kappa shape index (κ1) is 26.9. The molecule has 0 unspecified atom stereocenters. The molecule has 2 amide bonds. The molecule has 2 heterocycles. The van der Waals surface area contributed by atoms with Crippen LogP contribution in [0.3, 0.4) is 0 Å². The van der Waals surface area contributed by atoms with Crippen molar-refractivity contribution in [2.24, 2.45) is 0 Å². The third-order valence-electron chi connectivity index (χ3n) is 6.37. The van der Waals surface area contributed by atoms with Crippen molar-refractivity contribution >= 4 is 64.1 Å². The number of amides is 2. The molecular weight excluding hydrogens is 557 g/mol. The van der Waals surface area contributed by atoms with Crippen LogP contribution in [-0.2, 0) is 4.79 Å². The summed E-state index contributed by atoms with van der Waals surface area (Å²) in [6.07, 6.45) is 2.96. The van der Waals surface area contributed by atoms with Crippen LogP contribution in [0, 0.1) is 0 Å². The van der Waals surface area contributed by atoms with Crippen LogP contribution in [0.1, 0.15) is 16.1 Å². The summed E-state index contributed by atoms with van der Waals surface area (Å²) >= 11 is 18.8. The minimum absolute atomic E-state index is 0.0343. The Labute approximate surface area is 241 Å². The Hall–Kier alpha value is -3.71. The highest BCUT2D eigenvalue weighted by atomic mass is 35.5. The lowest BCUT2D eigenvalue weighted by Crippen LogP contribution is -2.48. The highest BCUT2D eigenvalue weighted by molar-refractivity contribution is 6.36. The number of furan rings is 1. The lowest BCUT2D eigenvalue weighted by molar-refractivity contribution is -0.111. The van der Waals surface area contributed by atoms with Crippen LogP contribution < -0.4 is 10.2 Å². The fourth-order valence-corrected chi connectivity index (χ4v) is 5.17. The van der Waals surface area contributed by atoms with Gasteiger partial charge in [0, 0.05) is 54.1 Å². The van der Waals surface area contributed by atoms with Gasteiger partial charge in [-0.25, -0.2) is 0 Å². The van der Waals surface area contributed by atoms with E-state index in [-0.39, 0.29) is 11.8 Å². The Morgan fingerprint density at radius 1 is 0.821 bits per heavy atom. The lowest BCUT2D eigenvalue weighted by Gasteiger charge is -2.36. The third kappa shape index (κ3) is 6.48. The Bertz CT molecular complexity index is 1530. The number of carbonyl (C=O) groups is 2. The standard InChI is InChI=1S/C30H24Cl3N3O3/c31-21-6-10-24(25(32)18-21)28-12-8-23(39-28)9-13-29(37)34-22-7-11-27(26(33)19-22)35-14-16-36(17-15-35)30(38)20-4-2-1-3-5-20/h1-13,18-19H,14-17H2,(H,34,37)/b13-9+. The summed E-state index contributed by atoms with van der Waals surface area (Å²) in [5.74, 6) is 0.787. The van der Waals surface area contributed by atoms with Crippen molar-refractivity contribution in [2.75, 3.05) is 36.4 Å². The average molecular weight is 581 g/mol. The number of anilines is 2. The van der Waals surface area contributed by atoms with Gasteiger partial charge in [-0.15, -0.1) is 0 Å². The van der Waals surface area contributed by atoms with Gasteiger partial charge < -0.3 is 19.5 Å². The van der Waals surface area contributed by atoms with Gasteiger partial charge in [0.15, 0.2) is 0 Å². The van der Waals surface area contributed by atoms with E-state index >= 15 is 0 Å². The summed E-state index contributed by atoms with van der Waals surface area (Å²) in [6, 6.07) is 23.4. The molecule has 6 nitrogen and oxygen atoms in total. The van der Waals surface area contributed by atoms with Crippen LogP contribution in [0.15, 0.2) is 89.4 Å². The SMILES string of the molecule is O=C(/C=C/c1ccc(-c2ccc(Cl)cc2Cl)o1)Nc1ccc(N2CCN(C(=O)c3ccccc3)CC2)c(Cl)c1. The second kappa shape index (κ2) is 12.0. The number of halogens is 3. The van der Waals surface area contributed by atoms with Crippen LogP contribution in [0.5, 0.6) is 0 Å². The molecule has 39 heavy (non-hydrogen) atoms. The fraction of sp³-hybridized carbons (Fsp3) is 0.133. The molecule has 198 valence electrons. The quantitative estimate of drug-likeness (QED) is 0.240. The Kier molecular flexibility index (Phi) is 8.27. The van der Waals surface area contributed by atoms with Gasteiger partial charge in [0.25, 0.3) is 5.91 Å². The van der Waals surface area contributed by atoms with Crippen molar-refractivity contribution in [3.8, 4) is 11.3 Å². The molecule has 0 atom stereocenters. The van der Waals surface area contributed by atoms with E-state index in [9.17, 15) is 9.59 Å². The number of benzene rings is 3. The second-order valence-electron chi connectivity index (χ2n) is 8.96. The van der Waals surface area contributed by atoms with Crippen LogP contribution in [0.25, 0.3) is 17.4 Å². The molecule has 1 aromatic heterocycles. The monoisotopic (exact) mass is 579 g/mol. The fourth-order valence-electron chi connectivity index (χ4n) is 4.37. The molecule has 4 aromatic rings. The minimum atomic E-state index is -0.325. The Morgan fingerprint density at radius 2 is 1.59 bits per heavy atom. The van der Waals surface area contributed by atoms with Gasteiger partial charge in [-0.2, -0.15) is 0 Å². The van der Waals surface area contributed by atoms with Crippen molar-refractivity contribution in [3.63, 3.8) is 0 Å². The number of carbonyl (C=O) groups excluding carboxylic acids is 2. The third-order valence-corrected chi connectivity index (χ3v) is 7.22. The predicted octanol–water partition coefficient (Wildman–Crippen LogP) is 7.52. The first-order chi connectivity index (χ1) is 18.9. The maximum absolute atomic E-state index is 12.7. The maximum Gasteiger partial charge on any atom is 0.253 e. The van der Waals surface area contributed by atoms with Gasteiger partial charge in [0.2, 0.25) is 5.91 Å². The van der Waals surface area contributed by atoms with Gasteiger partial charge in [-0.05, 0) is 66.7 Å². The van der Waals surface area contributed by atoms with Crippen LogP contribution >= 0.6 is 34.8 Å². The van der Waals surface area contributed by atoms with Crippen molar-refractivity contribution in [2.45, 2.75) is 0 Å². The van der Waals surface area contributed by atoms with Crippen molar-refractivity contribution in [1.29, 1.82) is 0 Å². The van der Waals surface area contributed by atoms with E-state index in [1.165, 1.54) is 6.08 Å². The maximum atomic E-state index is 12.7. The molecule has 0 saturated carbocycles. The topological polar surface area (TPSA) is 65.8 Å². The van der Waals surface area contributed by atoms with Crippen molar-refractivity contribution in [3.05, 3.63) is 111 Å². The van der Waals surface area contributed by atoms with E-state index in [0.29, 0.717) is 69.6 Å². The summed E-state index contributed by atoms with van der Waals surface area (Å²) in [7, 11) is 0. The summed E-state index contributed by atoms with van der Waals surface area (Å²) in [4.78, 5) is 29.2. The largest absolute Gasteiger partial charge is 0.457 e. The van der Waals surface area contributed by atoms with Crippen molar-refractivity contribution in [1.82, 2.24) is 4.90 Å². The summed E-state index contributed by atoms with van der Waals surface area (Å²) in [5, 5.41) is 4.36. The molecule has 1 N–H and O–H groups in total. The predicted molar refractivity (Wildman–Crippen MR) is 158 cm³/mol. The van der Waals surface area contributed by atoms with Crippen LogP contribution in [0.2, 0.25) is 15.1 Å². The first-order valence-electron chi connectivity index (χ1n) is 12.3. The summed E-state index contributed by atoms with van der Waals surface area (Å²) in [5.41, 5.74) is 2.84. The smallest absolute Gasteiger partial charge is 0.253 e. The molecule has 1 saturated heterocycles. The van der Waals surface area contributed by atoms with E-state index in [4.69, 9.17) is 39.2 Å². The lowest BCUT2D eigenvalue weighted by atomic mass is 10.1. The molecular formula is C30H24Cl3N3O3. The molecule has 0 aliphatic carbocycles. The molecule has 1 aliphatic heterocycles. The normalized spacial score (nSPS) is 13.6. The van der Waals surface area contributed by atoms with E-state index < -0.39 is 0 Å². The molecule has 1 fully saturated rings. The van der Waals surface area contributed by atoms with Gasteiger partial charge >= 0.3 is 0 Å². The van der Waals surface area contributed by atoms with E-state index in [0.717, 1.165) is 5.69 Å². The number of nitrogens with one attached hydrogen (secondary N) is 1. The zero-order valence-electron chi connectivity index (χ0n) is 20.7. The molecule has 5 rings (SSSR count). The number of rotatable bonds is 6. The van der Waals surface area contributed by atoms with E-state index in [1.807, 2.05) is 47.4 Å². The zero-order valence-corrected chi connectivity index (χ0v) is 23.0. The molecule has 0 radical (unpaired) electrons. The average Bonchev–Trinajstić information content (AvgIpc) is 3.41. The van der Waals surface area contributed by atoms with Gasteiger partial charge in [-0.1, -0.05) is 53.0 Å². The molecule has 0 spiro atoms. The molecule has 3 aromatic carbocycles. The van der Waals surface area contributed by atoms with Crippen molar-refractivity contribution < 1.29 is 14.0 Å². The first-order valence-corrected chi connectivity index (χ1v) is 13.4. The highest BCUT2D eigenvalue weighted by Gasteiger charge is 2.23. The van der Waals surface area contributed by atoms with Gasteiger partial charge in [-0.3, -0.25) is 9.59 Å². The van der Waals surface area contributed by atoms with Gasteiger partial charge in [0.1, 0.15) is 11.5 Å². The van der Waals surface area contributed by atoms with Crippen LogP contribution in [0.4, 0.5) is 11.4 Å². The van der Waals surface area contributed by atoms with E-state index in [2.05, 4.69) is 10.2 Å². The number of hydrogen-bond donors (Lipinski definition) is 1. The van der Waals surface area contributed by atoms with Crippen LogP contribution in [-0.4, -0.2) is 42.9 Å². The molecule has 1 aliphatic rings. The highest BCUT2D eigenvalue weighted by Crippen LogP contribution is 2.32. The number of piperazine rings is 1. The Balaban J connectivity index is 1.16. The zero-order chi connectivity index (χ0) is 27.4. The second-order valence-corrected chi connectivity index (χ2v) is 10.2. The molecule has 9 heteroatoms. The number of nitrogens with zero attached hydrogens (tertiary/aromatic N) is 2. The minimum Gasteiger partial charge on any atom is -0.457 e. The summed E-state index contributed by atoms with van der Waals surface area (Å²) in [6.45, 7) is 2.54.